The van der Waals surface area contributed by atoms with Gasteiger partial charge in [-0.15, -0.1) is 0 Å². The highest BCUT2D eigenvalue weighted by atomic mass is 16.5. The topological polar surface area (TPSA) is 58.8 Å². The molecule has 0 saturated carbocycles. The van der Waals surface area contributed by atoms with E-state index in [9.17, 15) is 4.79 Å². The zero-order chi connectivity index (χ0) is 13.1. The van der Waals surface area contributed by atoms with Crippen molar-refractivity contribution in [2.45, 2.75) is 32.4 Å². The molecule has 1 saturated heterocycles. The summed E-state index contributed by atoms with van der Waals surface area (Å²) in [6, 6.07) is 0.391. The number of amides is 1. The van der Waals surface area contributed by atoms with Gasteiger partial charge in [-0.2, -0.15) is 0 Å². The molecule has 1 heterocycles. The van der Waals surface area contributed by atoms with Crippen molar-refractivity contribution < 1.29 is 9.53 Å². The molecule has 100 valence electrons. The van der Waals surface area contributed by atoms with Crippen LogP contribution in [0.5, 0.6) is 0 Å². The third-order valence-corrected chi connectivity index (χ3v) is 3.59. The summed E-state index contributed by atoms with van der Waals surface area (Å²) in [6.45, 7) is 9.71. The zero-order valence-corrected chi connectivity index (χ0v) is 11.4. The Kier molecular flexibility index (Phi) is 4.91. The van der Waals surface area contributed by atoms with Gasteiger partial charge in [0.25, 0.3) is 5.91 Å². The van der Waals surface area contributed by atoms with Gasteiger partial charge < -0.3 is 15.4 Å². The maximum Gasteiger partial charge on any atom is 0.254 e. The molecule has 1 aliphatic rings. The summed E-state index contributed by atoms with van der Waals surface area (Å²) in [6.07, 6.45) is 0. The van der Waals surface area contributed by atoms with E-state index in [-0.39, 0.29) is 5.91 Å². The molecule has 0 spiro atoms. The normalized spacial score (nSPS) is 20.4. The third kappa shape index (κ3) is 3.40. The molecule has 5 nitrogen and oxygen atoms in total. The van der Waals surface area contributed by atoms with Gasteiger partial charge in [0.05, 0.1) is 0 Å². The molecule has 0 radical (unpaired) electrons. The van der Waals surface area contributed by atoms with Crippen LogP contribution in [0.4, 0.5) is 0 Å². The fraction of sp³-hybridized carbons (Fsp3) is 0.917. The Morgan fingerprint density at radius 3 is 2.29 bits per heavy atom. The molecule has 17 heavy (non-hydrogen) atoms. The molecular formula is C12H25N3O2. The van der Waals surface area contributed by atoms with Gasteiger partial charge in [0.2, 0.25) is 0 Å². The van der Waals surface area contributed by atoms with Crippen LogP contribution in [-0.4, -0.2) is 67.2 Å². The summed E-state index contributed by atoms with van der Waals surface area (Å²) in [5.41, 5.74) is 4.93. The first-order valence-electron chi connectivity index (χ1n) is 6.21. The van der Waals surface area contributed by atoms with Gasteiger partial charge in [-0.25, -0.2) is 0 Å². The number of carbonyl (C=O) groups excluding carboxylic acids is 1. The minimum absolute atomic E-state index is 0.0695. The number of hydrogen-bond acceptors (Lipinski definition) is 4. The first-order chi connectivity index (χ1) is 7.92. The number of rotatable bonds is 4. The SMILES string of the molecule is COC(C)(C)C(=O)N1CCN(C(C)CN)CC1. The number of nitrogens with two attached hydrogens (primary N) is 1. The lowest BCUT2D eigenvalue weighted by Crippen LogP contribution is -2.56. The van der Waals surface area contributed by atoms with E-state index in [1.54, 1.807) is 7.11 Å². The van der Waals surface area contributed by atoms with Crippen LogP contribution in [-0.2, 0) is 9.53 Å². The number of carbonyl (C=O) groups is 1. The average Bonchev–Trinajstić information content (AvgIpc) is 2.37. The first kappa shape index (κ1) is 14.4. The Morgan fingerprint density at radius 2 is 1.88 bits per heavy atom. The van der Waals surface area contributed by atoms with Gasteiger partial charge in [0.1, 0.15) is 5.60 Å². The summed E-state index contributed by atoms with van der Waals surface area (Å²) in [5.74, 6) is 0.0695. The molecule has 0 aromatic rings. The Morgan fingerprint density at radius 1 is 1.35 bits per heavy atom. The van der Waals surface area contributed by atoms with Gasteiger partial charge >= 0.3 is 0 Å². The molecule has 1 amide bonds. The Bertz CT molecular complexity index is 260. The van der Waals surface area contributed by atoms with E-state index in [1.165, 1.54) is 0 Å². The number of nitrogens with zero attached hydrogens (tertiary/aromatic N) is 2. The Balaban J connectivity index is 2.50. The highest BCUT2D eigenvalue weighted by molar-refractivity contribution is 5.84. The average molecular weight is 243 g/mol. The van der Waals surface area contributed by atoms with Crippen molar-refractivity contribution in [3.05, 3.63) is 0 Å². The minimum Gasteiger partial charge on any atom is -0.369 e. The molecule has 1 atom stereocenters. The standard InChI is InChI=1S/C12H25N3O2/c1-10(9-13)14-5-7-15(8-6-14)11(16)12(2,3)17-4/h10H,5-9,13H2,1-4H3. The smallest absolute Gasteiger partial charge is 0.254 e. The summed E-state index contributed by atoms with van der Waals surface area (Å²) in [5, 5.41) is 0. The van der Waals surface area contributed by atoms with Crippen molar-refractivity contribution >= 4 is 5.91 Å². The van der Waals surface area contributed by atoms with Gasteiger partial charge in [-0.3, -0.25) is 9.69 Å². The minimum atomic E-state index is -0.721. The molecule has 0 aliphatic carbocycles. The third-order valence-electron chi connectivity index (χ3n) is 3.59. The van der Waals surface area contributed by atoms with Crippen molar-refractivity contribution in [2.75, 3.05) is 39.8 Å². The first-order valence-corrected chi connectivity index (χ1v) is 6.21. The molecule has 0 aromatic carbocycles. The Hall–Kier alpha value is -0.650. The predicted molar refractivity (Wildman–Crippen MR) is 67.8 cm³/mol. The van der Waals surface area contributed by atoms with E-state index < -0.39 is 5.60 Å². The second-order valence-corrected chi connectivity index (χ2v) is 5.13. The van der Waals surface area contributed by atoms with Crippen LogP contribution in [0.3, 0.4) is 0 Å². The van der Waals surface area contributed by atoms with E-state index in [0.717, 1.165) is 26.2 Å². The fourth-order valence-corrected chi connectivity index (χ4v) is 1.98. The van der Waals surface area contributed by atoms with E-state index in [0.29, 0.717) is 12.6 Å². The molecule has 0 aromatic heterocycles. The quantitative estimate of drug-likeness (QED) is 0.749. The van der Waals surface area contributed by atoms with Crippen LogP contribution in [0.25, 0.3) is 0 Å². The van der Waals surface area contributed by atoms with Gasteiger partial charge in [0.15, 0.2) is 0 Å². The molecule has 5 heteroatoms. The lowest BCUT2D eigenvalue weighted by atomic mass is 10.1. The van der Waals surface area contributed by atoms with E-state index in [2.05, 4.69) is 11.8 Å². The Labute approximate surface area is 104 Å². The van der Waals surface area contributed by atoms with Crippen molar-refractivity contribution in [1.82, 2.24) is 9.80 Å². The summed E-state index contributed by atoms with van der Waals surface area (Å²) < 4.78 is 5.22. The van der Waals surface area contributed by atoms with Gasteiger partial charge in [0, 0.05) is 45.9 Å². The molecule has 2 N–H and O–H groups in total. The van der Waals surface area contributed by atoms with Crippen LogP contribution in [0.15, 0.2) is 0 Å². The maximum atomic E-state index is 12.2. The summed E-state index contributed by atoms with van der Waals surface area (Å²) >= 11 is 0. The highest BCUT2D eigenvalue weighted by Crippen LogP contribution is 2.15. The van der Waals surface area contributed by atoms with Crippen molar-refractivity contribution in [3.8, 4) is 0 Å². The monoisotopic (exact) mass is 243 g/mol. The lowest BCUT2D eigenvalue weighted by molar-refractivity contribution is -0.153. The molecule has 1 unspecified atom stereocenters. The van der Waals surface area contributed by atoms with Crippen LogP contribution in [0, 0.1) is 0 Å². The van der Waals surface area contributed by atoms with E-state index in [4.69, 9.17) is 10.5 Å². The molecule has 0 bridgehead atoms. The van der Waals surface area contributed by atoms with Crippen molar-refractivity contribution in [3.63, 3.8) is 0 Å². The van der Waals surface area contributed by atoms with Crippen molar-refractivity contribution in [1.29, 1.82) is 0 Å². The second kappa shape index (κ2) is 5.80. The zero-order valence-electron chi connectivity index (χ0n) is 11.4. The van der Waals surface area contributed by atoms with Gasteiger partial charge in [-0.1, -0.05) is 0 Å². The summed E-state index contributed by atoms with van der Waals surface area (Å²) in [7, 11) is 1.57. The number of piperazine rings is 1. The fourth-order valence-electron chi connectivity index (χ4n) is 1.98. The van der Waals surface area contributed by atoms with E-state index >= 15 is 0 Å². The van der Waals surface area contributed by atoms with Crippen LogP contribution in [0.1, 0.15) is 20.8 Å². The number of ether oxygens (including phenoxy) is 1. The summed E-state index contributed by atoms with van der Waals surface area (Å²) in [4.78, 5) is 16.4. The maximum absolute atomic E-state index is 12.2. The molecular weight excluding hydrogens is 218 g/mol. The predicted octanol–water partition coefficient (Wildman–Crippen LogP) is -0.0972. The second-order valence-electron chi connectivity index (χ2n) is 5.13. The van der Waals surface area contributed by atoms with Crippen LogP contribution in [0.2, 0.25) is 0 Å². The van der Waals surface area contributed by atoms with Gasteiger partial charge in [-0.05, 0) is 20.8 Å². The van der Waals surface area contributed by atoms with Crippen LogP contribution >= 0.6 is 0 Å². The largest absolute Gasteiger partial charge is 0.369 e. The number of methoxy groups -OCH3 is 1. The van der Waals surface area contributed by atoms with Crippen molar-refractivity contribution in [2.24, 2.45) is 5.73 Å². The molecule has 1 aliphatic heterocycles. The lowest BCUT2D eigenvalue weighted by Gasteiger charge is -2.40. The van der Waals surface area contributed by atoms with Crippen LogP contribution < -0.4 is 5.73 Å². The number of hydrogen-bond donors (Lipinski definition) is 1. The molecule has 1 rings (SSSR count). The van der Waals surface area contributed by atoms with E-state index in [1.807, 2.05) is 18.7 Å². The molecule has 1 fully saturated rings. The highest BCUT2D eigenvalue weighted by Gasteiger charge is 2.33.